The number of halogens is 2. The first kappa shape index (κ1) is 10.9. The molecule has 0 unspecified atom stereocenters. The van der Waals surface area contributed by atoms with E-state index in [2.05, 4.69) is 42.3 Å². The van der Waals surface area contributed by atoms with Crippen molar-refractivity contribution in [3.05, 3.63) is 39.0 Å². The zero-order valence-electron chi connectivity index (χ0n) is 7.67. The van der Waals surface area contributed by atoms with Crippen LogP contribution in [0.3, 0.4) is 0 Å². The van der Waals surface area contributed by atoms with E-state index in [4.69, 9.17) is 8.94 Å². The molecular formula is C9H8Br2N2O2. The number of hydrogen-bond donors (Lipinski definition) is 1. The van der Waals surface area contributed by atoms with Gasteiger partial charge in [0.15, 0.2) is 4.67 Å². The fourth-order valence-electron chi connectivity index (χ4n) is 1.12. The van der Waals surface area contributed by atoms with Gasteiger partial charge in [-0.3, -0.25) is 0 Å². The molecule has 2 rings (SSSR count). The monoisotopic (exact) mass is 334 g/mol. The molecule has 4 nitrogen and oxygen atoms in total. The van der Waals surface area contributed by atoms with Crippen molar-refractivity contribution in [2.45, 2.75) is 13.1 Å². The molecule has 2 heterocycles. The van der Waals surface area contributed by atoms with Gasteiger partial charge >= 0.3 is 0 Å². The third kappa shape index (κ3) is 2.93. The molecular weight excluding hydrogens is 328 g/mol. The number of nitrogens with zero attached hydrogens (tertiary/aromatic N) is 1. The van der Waals surface area contributed by atoms with Gasteiger partial charge in [-0.15, -0.1) is 0 Å². The van der Waals surface area contributed by atoms with Crippen molar-refractivity contribution in [3.8, 4) is 0 Å². The molecule has 80 valence electrons. The van der Waals surface area contributed by atoms with Gasteiger partial charge in [0.25, 0.3) is 0 Å². The van der Waals surface area contributed by atoms with E-state index in [1.54, 1.807) is 6.26 Å². The van der Waals surface area contributed by atoms with Gasteiger partial charge in [-0.05, 0) is 37.9 Å². The SMILES string of the molecule is Brc1cc(CNCc2ccon2)oc1Br. The van der Waals surface area contributed by atoms with Crippen LogP contribution >= 0.6 is 31.9 Å². The first-order chi connectivity index (χ1) is 7.25. The second kappa shape index (κ2) is 4.96. The standard InChI is InChI=1S/C9H8Br2N2O2/c10-8-3-7(15-9(8)11)5-12-4-6-1-2-14-13-6/h1-3,12H,4-5H2. The molecule has 0 aliphatic rings. The first-order valence-electron chi connectivity index (χ1n) is 4.29. The largest absolute Gasteiger partial charge is 0.452 e. The van der Waals surface area contributed by atoms with E-state index < -0.39 is 0 Å². The zero-order chi connectivity index (χ0) is 10.7. The predicted octanol–water partition coefficient (Wildman–Crippen LogP) is 3.08. The molecule has 0 bridgehead atoms. The van der Waals surface area contributed by atoms with E-state index in [9.17, 15) is 0 Å². The van der Waals surface area contributed by atoms with Crippen molar-refractivity contribution in [1.29, 1.82) is 0 Å². The van der Waals surface area contributed by atoms with Crippen LogP contribution in [-0.4, -0.2) is 5.16 Å². The summed E-state index contributed by atoms with van der Waals surface area (Å²) in [5.41, 5.74) is 0.875. The third-order valence-electron chi connectivity index (χ3n) is 1.79. The second-order valence-corrected chi connectivity index (χ2v) is 4.50. The molecule has 0 saturated carbocycles. The minimum atomic E-state index is 0.650. The molecule has 0 saturated heterocycles. The van der Waals surface area contributed by atoms with E-state index in [1.807, 2.05) is 12.1 Å². The smallest absolute Gasteiger partial charge is 0.183 e. The summed E-state index contributed by atoms with van der Waals surface area (Å²) in [4.78, 5) is 0. The highest BCUT2D eigenvalue weighted by atomic mass is 79.9. The number of nitrogens with one attached hydrogen (secondary N) is 1. The molecule has 6 heteroatoms. The van der Waals surface area contributed by atoms with Crippen molar-refractivity contribution < 1.29 is 8.94 Å². The summed E-state index contributed by atoms with van der Waals surface area (Å²) in [6, 6.07) is 3.74. The Morgan fingerprint density at radius 3 is 2.80 bits per heavy atom. The Morgan fingerprint density at radius 1 is 1.33 bits per heavy atom. The van der Waals surface area contributed by atoms with E-state index in [0.717, 1.165) is 15.9 Å². The second-order valence-electron chi connectivity index (χ2n) is 2.93. The average Bonchev–Trinajstić information content (AvgIpc) is 2.79. The van der Waals surface area contributed by atoms with Gasteiger partial charge in [-0.1, -0.05) is 5.16 Å². The molecule has 0 aliphatic carbocycles. The van der Waals surface area contributed by atoms with Gasteiger partial charge < -0.3 is 14.3 Å². The molecule has 0 amide bonds. The molecule has 0 aromatic carbocycles. The maximum Gasteiger partial charge on any atom is 0.183 e. The number of hydrogen-bond acceptors (Lipinski definition) is 4. The maximum atomic E-state index is 5.40. The summed E-state index contributed by atoms with van der Waals surface area (Å²) in [6.07, 6.45) is 1.55. The Bertz CT molecular complexity index is 406. The fraction of sp³-hybridized carbons (Fsp3) is 0.222. The number of rotatable bonds is 4. The quantitative estimate of drug-likeness (QED) is 0.932. The van der Waals surface area contributed by atoms with Crippen LogP contribution in [-0.2, 0) is 13.1 Å². The lowest BCUT2D eigenvalue weighted by Gasteiger charge is -1.97. The summed E-state index contributed by atoms with van der Waals surface area (Å²) < 4.78 is 11.7. The first-order valence-corrected chi connectivity index (χ1v) is 5.88. The molecule has 0 radical (unpaired) electrons. The normalized spacial score (nSPS) is 10.8. The highest BCUT2D eigenvalue weighted by Crippen LogP contribution is 2.26. The number of furan rings is 1. The Hall–Kier alpha value is -0.590. The lowest BCUT2D eigenvalue weighted by Crippen LogP contribution is -2.12. The van der Waals surface area contributed by atoms with Crippen LogP contribution in [0, 0.1) is 0 Å². The molecule has 0 atom stereocenters. The Balaban J connectivity index is 1.83. The minimum Gasteiger partial charge on any atom is -0.452 e. The highest BCUT2D eigenvalue weighted by molar-refractivity contribution is 9.13. The van der Waals surface area contributed by atoms with Crippen molar-refractivity contribution in [3.63, 3.8) is 0 Å². The van der Waals surface area contributed by atoms with Crippen LogP contribution < -0.4 is 5.32 Å². The van der Waals surface area contributed by atoms with Gasteiger partial charge in [-0.25, -0.2) is 0 Å². The summed E-state index contributed by atoms with van der Waals surface area (Å²) in [5.74, 6) is 0.859. The van der Waals surface area contributed by atoms with Gasteiger partial charge in [0, 0.05) is 12.6 Å². The fourth-order valence-corrected chi connectivity index (χ4v) is 1.78. The number of aromatic nitrogens is 1. The minimum absolute atomic E-state index is 0.650. The molecule has 0 fully saturated rings. The third-order valence-corrected chi connectivity index (χ3v) is 3.50. The van der Waals surface area contributed by atoms with Crippen molar-refractivity contribution >= 4 is 31.9 Å². The molecule has 15 heavy (non-hydrogen) atoms. The van der Waals surface area contributed by atoms with E-state index in [-0.39, 0.29) is 0 Å². The molecule has 2 aromatic rings. The van der Waals surface area contributed by atoms with Crippen molar-refractivity contribution in [1.82, 2.24) is 10.5 Å². The highest BCUT2D eigenvalue weighted by Gasteiger charge is 2.05. The van der Waals surface area contributed by atoms with Crippen LogP contribution in [0.15, 0.2) is 36.5 Å². The van der Waals surface area contributed by atoms with Crippen molar-refractivity contribution in [2.75, 3.05) is 0 Å². The summed E-state index contributed by atoms with van der Waals surface area (Å²) >= 11 is 6.63. The molecule has 0 spiro atoms. The van der Waals surface area contributed by atoms with Gasteiger partial charge in [0.2, 0.25) is 0 Å². The summed E-state index contributed by atoms with van der Waals surface area (Å²) in [7, 11) is 0. The van der Waals surface area contributed by atoms with Gasteiger partial charge in [0.1, 0.15) is 12.0 Å². The zero-order valence-corrected chi connectivity index (χ0v) is 10.8. The van der Waals surface area contributed by atoms with Crippen molar-refractivity contribution in [2.24, 2.45) is 0 Å². The van der Waals surface area contributed by atoms with E-state index in [0.29, 0.717) is 17.8 Å². The predicted molar refractivity (Wildman–Crippen MR) is 61.2 cm³/mol. The lowest BCUT2D eigenvalue weighted by molar-refractivity contribution is 0.405. The van der Waals surface area contributed by atoms with Gasteiger partial charge in [-0.2, -0.15) is 0 Å². The van der Waals surface area contributed by atoms with Crippen LogP contribution in [0.25, 0.3) is 0 Å². The molecule has 0 aliphatic heterocycles. The van der Waals surface area contributed by atoms with Crippen LogP contribution in [0.2, 0.25) is 0 Å². The van der Waals surface area contributed by atoms with Crippen LogP contribution in [0.5, 0.6) is 0 Å². The Kier molecular flexibility index (Phi) is 3.61. The Labute approximate surface area is 103 Å². The lowest BCUT2D eigenvalue weighted by atomic mass is 10.4. The molecule has 2 aromatic heterocycles. The topological polar surface area (TPSA) is 51.2 Å². The summed E-state index contributed by atoms with van der Waals surface area (Å²) in [6.45, 7) is 1.31. The molecule has 1 N–H and O–H groups in total. The van der Waals surface area contributed by atoms with Crippen LogP contribution in [0.1, 0.15) is 11.5 Å². The Morgan fingerprint density at radius 2 is 2.20 bits per heavy atom. The van der Waals surface area contributed by atoms with E-state index >= 15 is 0 Å². The van der Waals surface area contributed by atoms with E-state index in [1.165, 1.54) is 0 Å². The maximum absolute atomic E-state index is 5.40. The average molecular weight is 336 g/mol. The summed E-state index contributed by atoms with van der Waals surface area (Å²) in [5, 5.41) is 6.97. The van der Waals surface area contributed by atoms with Gasteiger partial charge in [0.05, 0.1) is 16.7 Å². The van der Waals surface area contributed by atoms with Crippen LogP contribution in [0.4, 0.5) is 0 Å².